The predicted octanol–water partition coefficient (Wildman–Crippen LogP) is 0.299. The van der Waals surface area contributed by atoms with Gasteiger partial charge in [-0.2, -0.15) is 0 Å². The summed E-state index contributed by atoms with van der Waals surface area (Å²) >= 11 is 0. The van der Waals surface area contributed by atoms with Crippen LogP contribution in [0.15, 0.2) is 0 Å². The van der Waals surface area contributed by atoms with E-state index >= 15 is 0 Å². The Morgan fingerprint density at radius 2 is 1.71 bits per heavy atom. The molecule has 2 amide bonds. The summed E-state index contributed by atoms with van der Waals surface area (Å²) in [5, 5.41) is 11.5. The molecule has 1 atom stereocenters. The van der Waals surface area contributed by atoms with E-state index in [1.807, 2.05) is 19.0 Å². The minimum absolute atomic E-state index is 0.140. The highest BCUT2D eigenvalue weighted by molar-refractivity contribution is 5.82. The van der Waals surface area contributed by atoms with E-state index in [1.165, 1.54) is 4.90 Å². The fraction of sp³-hybridized carbons (Fsp3) is 0.818. The van der Waals surface area contributed by atoms with Crippen LogP contribution < -0.4 is 5.32 Å². The highest BCUT2D eigenvalue weighted by Crippen LogP contribution is 2.02. The number of hydrogen-bond acceptors (Lipinski definition) is 3. The van der Waals surface area contributed by atoms with Crippen LogP contribution in [0.5, 0.6) is 0 Å². The molecule has 0 aromatic rings. The van der Waals surface area contributed by atoms with E-state index in [4.69, 9.17) is 5.11 Å². The maximum atomic E-state index is 11.7. The Morgan fingerprint density at radius 3 is 2.06 bits per heavy atom. The van der Waals surface area contributed by atoms with Crippen LogP contribution in [-0.2, 0) is 4.79 Å². The predicted molar refractivity (Wildman–Crippen MR) is 66.0 cm³/mol. The lowest BCUT2D eigenvalue weighted by Gasteiger charge is -2.24. The first-order chi connectivity index (χ1) is 7.75. The first-order valence-corrected chi connectivity index (χ1v) is 5.64. The molecule has 6 heteroatoms. The smallest absolute Gasteiger partial charge is 0.326 e. The molecule has 0 unspecified atom stereocenters. The topological polar surface area (TPSA) is 72.9 Å². The maximum Gasteiger partial charge on any atom is 0.326 e. The molecule has 0 saturated heterocycles. The van der Waals surface area contributed by atoms with Crippen LogP contribution in [-0.4, -0.2) is 67.2 Å². The summed E-state index contributed by atoms with van der Waals surface area (Å²) in [6, 6.07) is -1.20. The lowest BCUT2D eigenvalue weighted by Crippen LogP contribution is -2.50. The van der Waals surface area contributed by atoms with Crippen LogP contribution in [0.3, 0.4) is 0 Å². The van der Waals surface area contributed by atoms with E-state index in [0.717, 1.165) is 6.54 Å². The molecule has 0 saturated carbocycles. The van der Waals surface area contributed by atoms with Gasteiger partial charge in [0, 0.05) is 20.1 Å². The number of aliphatic carboxylic acids is 1. The summed E-state index contributed by atoms with van der Waals surface area (Å²) in [6.45, 7) is 4.82. The Balaban J connectivity index is 4.26. The summed E-state index contributed by atoms with van der Waals surface area (Å²) in [5.74, 6) is -1.15. The minimum atomic E-state index is -1.01. The van der Waals surface area contributed by atoms with Crippen molar-refractivity contribution < 1.29 is 14.7 Å². The fourth-order valence-electron chi connectivity index (χ4n) is 1.21. The van der Waals surface area contributed by atoms with E-state index in [9.17, 15) is 9.59 Å². The van der Waals surface area contributed by atoms with Gasteiger partial charge in [0.25, 0.3) is 0 Å². The zero-order valence-corrected chi connectivity index (χ0v) is 11.2. The van der Waals surface area contributed by atoms with E-state index in [2.05, 4.69) is 5.32 Å². The lowest BCUT2D eigenvalue weighted by atomic mass is 10.1. The molecule has 100 valence electrons. The number of nitrogens with zero attached hydrogens (tertiary/aromatic N) is 2. The van der Waals surface area contributed by atoms with Crippen LogP contribution in [0.1, 0.15) is 13.8 Å². The number of nitrogens with one attached hydrogen (secondary N) is 1. The lowest BCUT2D eigenvalue weighted by molar-refractivity contribution is -0.140. The highest BCUT2D eigenvalue weighted by atomic mass is 16.4. The number of carbonyl (C=O) groups excluding carboxylic acids is 1. The quantitative estimate of drug-likeness (QED) is 0.706. The van der Waals surface area contributed by atoms with Gasteiger partial charge in [0.05, 0.1) is 0 Å². The van der Waals surface area contributed by atoms with Gasteiger partial charge in [-0.25, -0.2) is 9.59 Å². The zero-order chi connectivity index (χ0) is 13.6. The van der Waals surface area contributed by atoms with Gasteiger partial charge in [-0.3, -0.25) is 0 Å². The molecule has 6 nitrogen and oxygen atoms in total. The Morgan fingerprint density at radius 1 is 1.18 bits per heavy atom. The second-order valence-electron chi connectivity index (χ2n) is 4.73. The number of carboxylic acid groups (broad SMARTS) is 1. The molecule has 0 fully saturated rings. The number of amides is 2. The van der Waals surface area contributed by atoms with E-state index < -0.39 is 12.0 Å². The number of likely N-dealkylation sites (N-methyl/N-ethyl adjacent to an activating group) is 2. The van der Waals surface area contributed by atoms with Crippen molar-refractivity contribution in [3.63, 3.8) is 0 Å². The number of hydrogen-bond donors (Lipinski definition) is 2. The molecule has 0 radical (unpaired) electrons. The van der Waals surface area contributed by atoms with Gasteiger partial charge < -0.3 is 20.2 Å². The van der Waals surface area contributed by atoms with Crippen LogP contribution in [0.2, 0.25) is 0 Å². The van der Waals surface area contributed by atoms with Gasteiger partial charge >= 0.3 is 12.0 Å². The summed E-state index contributed by atoms with van der Waals surface area (Å²) in [4.78, 5) is 26.1. The molecule has 2 N–H and O–H groups in total. The van der Waals surface area contributed by atoms with Gasteiger partial charge in [-0.1, -0.05) is 13.8 Å². The highest BCUT2D eigenvalue weighted by Gasteiger charge is 2.24. The largest absolute Gasteiger partial charge is 0.480 e. The van der Waals surface area contributed by atoms with Gasteiger partial charge in [-0.15, -0.1) is 0 Å². The molecule has 0 aromatic carbocycles. The minimum Gasteiger partial charge on any atom is -0.480 e. The monoisotopic (exact) mass is 245 g/mol. The summed E-state index contributed by atoms with van der Waals surface area (Å²) in [5.41, 5.74) is 0. The number of carbonyl (C=O) groups is 2. The number of rotatable bonds is 6. The second kappa shape index (κ2) is 7.11. The van der Waals surface area contributed by atoms with Crippen LogP contribution in [0.25, 0.3) is 0 Å². The Labute approximate surface area is 103 Å². The zero-order valence-electron chi connectivity index (χ0n) is 11.2. The molecule has 0 aliphatic rings. The van der Waals surface area contributed by atoms with Crippen molar-refractivity contribution in [2.45, 2.75) is 19.9 Å². The van der Waals surface area contributed by atoms with Crippen molar-refractivity contribution in [1.82, 2.24) is 15.1 Å². The van der Waals surface area contributed by atoms with Crippen molar-refractivity contribution in [3.8, 4) is 0 Å². The molecule has 0 aliphatic carbocycles. The van der Waals surface area contributed by atoms with Crippen molar-refractivity contribution in [2.75, 3.05) is 34.2 Å². The Kier molecular flexibility index (Phi) is 6.57. The summed E-state index contributed by atoms with van der Waals surface area (Å²) < 4.78 is 0. The molecule has 0 spiro atoms. The first-order valence-electron chi connectivity index (χ1n) is 5.64. The SMILES string of the molecule is CC(C)[C@H](NC(=O)N(C)CCN(C)C)C(=O)O. The average molecular weight is 245 g/mol. The van der Waals surface area contributed by atoms with Crippen molar-refractivity contribution in [2.24, 2.45) is 5.92 Å². The molecule has 0 aromatic heterocycles. The Hall–Kier alpha value is -1.30. The van der Waals surface area contributed by atoms with Crippen molar-refractivity contribution >= 4 is 12.0 Å². The number of urea groups is 1. The normalized spacial score (nSPS) is 12.6. The maximum absolute atomic E-state index is 11.7. The molecular formula is C11H23N3O3. The summed E-state index contributed by atoms with van der Waals surface area (Å²) in [7, 11) is 5.48. The average Bonchev–Trinajstić information content (AvgIpc) is 2.20. The van der Waals surface area contributed by atoms with Gasteiger partial charge in [0.2, 0.25) is 0 Å². The Bertz CT molecular complexity index is 267. The third-order valence-corrected chi connectivity index (χ3v) is 2.44. The third kappa shape index (κ3) is 6.11. The van der Waals surface area contributed by atoms with Gasteiger partial charge in [-0.05, 0) is 20.0 Å². The van der Waals surface area contributed by atoms with Crippen molar-refractivity contribution in [1.29, 1.82) is 0 Å². The fourth-order valence-corrected chi connectivity index (χ4v) is 1.21. The molecular weight excluding hydrogens is 222 g/mol. The van der Waals surface area contributed by atoms with E-state index in [-0.39, 0.29) is 11.9 Å². The number of carboxylic acids is 1. The van der Waals surface area contributed by atoms with Gasteiger partial charge in [0.1, 0.15) is 6.04 Å². The second-order valence-corrected chi connectivity index (χ2v) is 4.73. The molecule has 0 rings (SSSR count). The molecule has 0 aliphatic heterocycles. The summed E-state index contributed by atoms with van der Waals surface area (Å²) in [6.07, 6.45) is 0. The molecule has 0 heterocycles. The first kappa shape index (κ1) is 15.7. The third-order valence-electron chi connectivity index (χ3n) is 2.44. The van der Waals surface area contributed by atoms with E-state index in [1.54, 1.807) is 20.9 Å². The van der Waals surface area contributed by atoms with Crippen LogP contribution in [0.4, 0.5) is 4.79 Å². The van der Waals surface area contributed by atoms with Crippen LogP contribution in [0, 0.1) is 5.92 Å². The molecule has 17 heavy (non-hydrogen) atoms. The van der Waals surface area contributed by atoms with Crippen LogP contribution >= 0.6 is 0 Å². The standard InChI is InChI=1S/C11H23N3O3/c1-8(2)9(10(15)16)12-11(17)14(5)7-6-13(3)4/h8-9H,6-7H2,1-5H3,(H,12,17)(H,15,16)/t9-/m0/s1. The van der Waals surface area contributed by atoms with E-state index in [0.29, 0.717) is 6.54 Å². The molecule has 0 bridgehead atoms. The van der Waals surface area contributed by atoms with Crippen molar-refractivity contribution in [3.05, 3.63) is 0 Å². The van der Waals surface area contributed by atoms with Gasteiger partial charge in [0.15, 0.2) is 0 Å².